The Labute approximate surface area is 179 Å². The Bertz CT molecular complexity index is 1060. The van der Waals surface area contributed by atoms with Gasteiger partial charge in [0.15, 0.2) is 0 Å². The summed E-state index contributed by atoms with van der Waals surface area (Å²) in [5.74, 6) is 1.50. The van der Waals surface area contributed by atoms with Crippen molar-refractivity contribution in [3.63, 3.8) is 0 Å². The number of nitrogens with zero attached hydrogens (tertiary/aromatic N) is 1. The van der Waals surface area contributed by atoms with Gasteiger partial charge in [-0.3, -0.25) is 14.5 Å². The highest BCUT2D eigenvalue weighted by atomic mass is 79.9. The number of aromatic carboxylic acids is 1. The van der Waals surface area contributed by atoms with Gasteiger partial charge in [0.05, 0.1) is 21.5 Å². The van der Waals surface area contributed by atoms with Crippen molar-refractivity contribution in [1.29, 1.82) is 0 Å². The summed E-state index contributed by atoms with van der Waals surface area (Å²) in [5.41, 5.74) is 1.76. The van der Waals surface area contributed by atoms with Gasteiger partial charge in [0.1, 0.15) is 12.4 Å². The van der Waals surface area contributed by atoms with E-state index in [4.69, 9.17) is 16.3 Å². The van der Waals surface area contributed by atoms with Gasteiger partial charge in [-0.05, 0) is 69.2 Å². The molecule has 146 valence electrons. The molecule has 29 heavy (non-hydrogen) atoms. The Morgan fingerprint density at radius 3 is 2.59 bits per heavy atom. The lowest BCUT2D eigenvalue weighted by Crippen LogP contribution is -2.28. The quantitative estimate of drug-likeness (QED) is 0.496. The van der Waals surface area contributed by atoms with Crippen LogP contribution >= 0.6 is 27.7 Å². The number of hydrogen-bond acceptors (Lipinski definition) is 5. The standard InChI is InChI=1S/C21H14BrNO5S/c1-2-9-23-19(24)18(29-21(23)27)11-14-5-8-17(16(22)10-14)28-12-13-3-6-15(7-4-13)20(25)26/h1,3-8,10-11H,9,12H2,(H,25,26)/b18-11+. The Morgan fingerprint density at radius 2 is 1.97 bits per heavy atom. The zero-order chi connectivity index (χ0) is 21.0. The van der Waals surface area contributed by atoms with Crippen molar-refractivity contribution in [2.45, 2.75) is 6.61 Å². The lowest BCUT2D eigenvalue weighted by Gasteiger charge is -2.09. The van der Waals surface area contributed by atoms with Crippen molar-refractivity contribution in [2.75, 3.05) is 6.54 Å². The van der Waals surface area contributed by atoms with Gasteiger partial charge in [-0.15, -0.1) is 6.42 Å². The van der Waals surface area contributed by atoms with E-state index in [0.717, 1.165) is 27.8 Å². The van der Waals surface area contributed by atoms with Crippen LogP contribution in [0.2, 0.25) is 0 Å². The molecule has 0 radical (unpaired) electrons. The minimum Gasteiger partial charge on any atom is -0.488 e. The third-order valence-corrected chi connectivity index (χ3v) is 5.50. The number of ether oxygens (including phenoxy) is 1. The number of rotatable bonds is 6. The second-order valence-electron chi connectivity index (χ2n) is 5.95. The van der Waals surface area contributed by atoms with Crippen molar-refractivity contribution in [3.05, 3.63) is 68.5 Å². The molecular formula is C21H14BrNO5S. The normalized spacial score (nSPS) is 14.9. The van der Waals surface area contributed by atoms with Crippen LogP contribution in [0, 0.1) is 12.3 Å². The molecule has 2 aromatic carbocycles. The third-order valence-electron chi connectivity index (χ3n) is 3.97. The van der Waals surface area contributed by atoms with Gasteiger partial charge >= 0.3 is 5.97 Å². The summed E-state index contributed by atoms with van der Waals surface area (Å²) in [7, 11) is 0. The summed E-state index contributed by atoms with van der Waals surface area (Å²) in [6, 6.07) is 11.7. The first-order valence-corrected chi connectivity index (χ1v) is 9.93. The number of carboxylic acid groups (broad SMARTS) is 1. The van der Waals surface area contributed by atoms with Crippen LogP contribution in [0.15, 0.2) is 51.8 Å². The van der Waals surface area contributed by atoms with Crippen molar-refractivity contribution < 1.29 is 24.2 Å². The highest BCUT2D eigenvalue weighted by Gasteiger charge is 2.34. The predicted molar refractivity (Wildman–Crippen MR) is 113 cm³/mol. The van der Waals surface area contributed by atoms with Crippen molar-refractivity contribution in [1.82, 2.24) is 4.90 Å². The van der Waals surface area contributed by atoms with E-state index < -0.39 is 11.9 Å². The van der Waals surface area contributed by atoms with Gasteiger partial charge < -0.3 is 9.84 Å². The first kappa shape index (κ1) is 20.7. The molecule has 0 aliphatic carbocycles. The Kier molecular flexibility index (Phi) is 6.42. The molecule has 1 aliphatic heterocycles. The van der Waals surface area contributed by atoms with Crippen LogP contribution in [0.25, 0.3) is 6.08 Å². The SMILES string of the molecule is C#CCN1C(=O)S/C(=C/c2ccc(OCc3ccc(C(=O)O)cc3)c(Br)c2)C1=O. The Morgan fingerprint density at radius 1 is 1.24 bits per heavy atom. The fourth-order valence-corrected chi connectivity index (χ4v) is 3.86. The summed E-state index contributed by atoms with van der Waals surface area (Å²) in [5, 5.41) is 8.54. The minimum absolute atomic E-state index is 0.0497. The fraction of sp³-hybridized carbons (Fsp3) is 0.0952. The smallest absolute Gasteiger partial charge is 0.335 e. The molecule has 1 N–H and O–H groups in total. The molecule has 1 heterocycles. The molecular weight excluding hydrogens is 458 g/mol. The topological polar surface area (TPSA) is 83.9 Å². The van der Waals surface area contributed by atoms with E-state index in [0.29, 0.717) is 15.1 Å². The highest BCUT2D eigenvalue weighted by molar-refractivity contribution is 9.10. The van der Waals surface area contributed by atoms with Gasteiger partial charge in [0, 0.05) is 0 Å². The maximum atomic E-state index is 12.2. The molecule has 6 nitrogen and oxygen atoms in total. The lowest BCUT2D eigenvalue weighted by molar-refractivity contribution is -0.122. The van der Waals surface area contributed by atoms with Crippen molar-refractivity contribution in [3.8, 4) is 18.1 Å². The zero-order valence-corrected chi connectivity index (χ0v) is 17.3. The molecule has 1 saturated heterocycles. The molecule has 0 saturated carbocycles. The molecule has 1 aliphatic rings. The molecule has 2 amide bonds. The molecule has 0 unspecified atom stereocenters. The van der Waals surface area contributed by atoms with Gasteiger partial charge in [0.25, 0.3) is 11.1 Å². The molecule has 0 bridgehead atoms. The van der Waals surface area contributed by atoms with E-state index in [1.807, 2.05) is 0 Å². The van der Waals surface area contributed by atoms with E-state index in [2.05, 4.69) is 21.9 Å². The number of thioether (sulfide) groups is 1. The third kappa shape index (κ3) is 4.88. The van der Waals surface area contributed by atoms with Gasteiger partial charge in [-0.2, -0.15) is 0 Å². The summed E-state index contributed by atoms with van der Waals surface area (Å²) < 4.78 is 6.44. The first-order valence-electron chi connectivity index (χ1n) is 8.32. The number of carbonyl (C=O) groups excluding carboxylic acids is 2. The van der Waals surface area contributed by atoms with Crippen LogP contribution in [-0.4, -0.2) is 33.7 Å². The minimum atomic E-state index is -0.979. The van der Waals surface area contributed by atoms with Crippen LogP contribution in [0.4, 0.5) is 4.79 Å². The second kappa shape index (κ2) is 8.99. The van der Waals surface area contributed by atoms with Crippen LogP contribution in [-0.2, 0) is 11.4 Å². The molecule has 2 aromatic rings. The molecule has 0 spiro atoms. The summed E-state index contributed by atoms with van der Waals surface area (Å²) >= 11 is 4.29. The molecule has 1 fully saturated rings. The number of carboxylic acids is 1. The molecule has 0 aromatic heterocycles. The number of hydrogen-bond donors (Lipinski definition) is 1. The number of carbonyl (C=O) groups is 3. The van der Waals surface area contributed by atoms with Crippen molar-refractivity contribution in [2.24, 2.45) is 0 Å². The average molecular weight is 472 g/mol. The Balaban J connectivity index is 1.69. The molecule has 8 heteroatoms. The average Bonchev–Trinajstić information content (AvgIpc) is 2.95. The highest BCUT2D eigenvalue weighted by Crippen LogP contribution is 2.33. The molecule has 0 atom stereocenters. The number of terminal acetylenes is 1. The fourth-order valence-electron chi connectivity index (χ4n) is 2.51. The van der Waals surface area contributed by atoms with Gasteiger partial charge in [-0.25, -0.2) is 4.79 Å². The second-order valence-corrected chi connectivity index (χ2v) is 7.80. The van der Waals surface area contributed by atoms with Crippen LogP contribution in [0.5, 0.6) is 5.75 Å². The summed E-state index contributed by atoms with van der Waals surface area (Å²) in [4.78, 5) is 36.3. The van der Waals surface area contributed by atoms with E-state index in [-0.39, 0.29) is 24.0 Å². The largest absolute Gasteiger partial charge is 0.488 e. The summed E-state index contributed by atoms with van der Waals surface area (Å²) in [6.07, 6.45) is 6.81. The summed E-state index contributed by atoms with van der Waals surface area (Å²) in [6.45, 7) is 0.217. The van der Waals surface area contributed by atoms with Gasteiger partial charge in [0.2, 0.25) is 0 Å². The monoisotopic (exact) mass is 471 g/mol. The zero-order valence-electron chi connectivity index (χ0n) is 14.9. The van der Waals surface area contributed by atoms with E-state index in [1.54, 1.807) is 36.4 Å². The number of benzene rings is 2. The first-order chi connectivity index (χ1) is 13.9. The van der Waals surface area contributed by atoms with E-state index in [1.165, 1.54) is 12.1 Å². The maximum Gasteiger partial charge on any atom is 0.335 e. The van der Waals surface area contributed by atoms with Gasteiger partial charge in [-0.1, -0.05) is 24.1 Å². The number of imide groups is 1. The van der Waals surface area contributed by atoms with Crippen LogP contribution in [0.3, 0.4) is 0 Å². The maximum absolute atomic E-state index is 12.2. The number of halogens is 1. The Hall–Kier alpha value is -3.02. The molecule has 3 rings (SSSR count). The number of amides is 2. The van der Waals surface area contributed by atoms with E-state index in [9.17, 15) is 14.4 Å². The van der Waals surface area contributed by atoms with Crippen molar-refractivity contribution >= 4 is 50.9 Å². The predicted octanol–water partition coefficient (Wildman–Crippen LogP) is 4.40. The van der Waals surface area contributed by atoms with Crippen LogP contribution in [0.1, 0.15) is 21.5 Å². The van der Waals surface area contributed by atoms with E-state index >= 15 is 0 Å². The lowest BCUT2D eigenvalue weighted by atomic mass is 10.1. The van der Waals surface area contributed by atoms with Crippen LogP contribution < -0.4 is 4.74 Å².